The highest BCUT2D eigenvalue weighted by Gasteiger charge is 2.15. The summed E-state index contributed by atoms with van der Waals surface area (Å²) in [5.41, 5.74) is 8.66. The SMILES string of the molecule is COCCNCc1ccc(-c2cc3nccc(Oc4ccc(NC(=O)Nc5cccc(C(N)=O)c5)cc4F)c3s2)nc1. The number of primary amides is 1. The van der Waals surface area contributed by atoms with Crippen molar-refractivity contribution in [3.8, 4) is 22.1 Å². The summed E-state index contributed by atoms with van der Waals surface area (Å²) in [6, 6.07) is 17.2. The van der Waals surface area contributed by atoms with Crippen LogP contribution in [-0.2, 0) is 11.3 Å². The molecule has 12 heteroatoms. The molecular formula is C30H27FN6O4S. The van der Waals surface area contributed by atoms with Gasteiger partial charge < -0.3 is 31.2 Å². The van der Waals surface area contributed by atoms with Crippen LogP contribution in [0.3, 0.4) is 0 Å². The second-order valence-corrected chi connectivity index (χ2v) is 10.2. The number of thiophene rings is 1. The van der Waals surface area contributed by atoms with Crippen molar-refractivity contribution in [1.29, 1.82) is 0 Å². The maximum Gasteiger partial charge on any atom is 0.323 e. The monoisotopic (exact) mass is 586 g/mol. The maximum absolute atomic E-state index is 15.0. The molecule has 0 radical (unpaired) electrons. The van der Waals surface area contributed by atoms with Crippen LogP contribution in [0.4, 0.5) is 20.6 Å². The lowest BCUT2D eigenvalue weighted by Gasteiger charge is -2.11. The molecule has 3 amide bonds. The Bertz CT molecular complexity index is 1730. The molecule has 0 fully saturated rings. The van der Waals surface area contributed by atoms with Gasteiger partial charge in [-0.3, -0.25) is 14.8 Å². The van der Waals surface area contributed by atoms with Crippen LogP contribution >= 0.6 is 11.3 Å². The van der Waals surface area contributed by atoms with Crippen molar-refractivity contribution in [3.63, 3.8) is 0 Å². The summed E-state index contributed by atoms with van der Waals surface area (Å²) in [6.45, 7) is 2.09. The Morgan fingerprint density at radius 2 is 1.81 bits per heavy atom. The normalized spacial score (nSPS) is 10.9. The number of rotatable bonds is 11. The summed E-state index contributed by atoms with van der Waals surface area (Å²) in [7, 11) is 1.67. The predicted molar refractivity (Wildman–Crippen MR) is 161 cm³/mol. The number of halogens is 1. The van der Waals surface area contributed by atoms with E-state index in [1.165, 1.54) is 35.6 Å². The summed E-state index contributed by atoms with van der Waals surface area (Å²) in [6.07, 6.45) is 3.43. The summed E-state index contributed by atoms with van der Waals surface area (Å²) in [5, 5.41) is 8.43. The second-order valence-electron chi connectivity index (χ2n) is 9.13. The first-order valence-corrected chi connectivity index (χ1v) is 13.7. The molecule has 0 unspecified atom stereocenters. The van der Waals surface area contributed by atoms with Crippen LogP contribution in [0.15, 0.2) is 79.1 Å². The number of fused-ring (bicyclic) bond motifs is 1. The summed E-state index contributed by atoms with van der Waals surface area (Å²) in [5.74, 6) is -0.848. The van der Waals surface area contributed by atoms with Gasteiger partial charge in [0, 0.05) is 61.7 Å². The number of hydrogen-bond acceptors (Lipinski definition) is 8. The fraction of sp³-hybridized carbons (Fsp3) is 0.133. The van der Waals surface area contributed by atoms with Crippen molar-refractivity contribution >= 4 is 44.9 Å². The van der Waals surface area contributed by atoms with E-state index >= 15 is 4.39 Å². The highest BCUT2D eigenvalue weighted by Crippen LogP contribution is 2.39. The van der Waals surface area contributed by atoms with Gasteiger partial charge in [-0.2, -0.15) is 0 Å². The van der Waals surface area contributed by atoms with Crippen molar-refractivity contribution < 1.29 is 23.5 Å². The molecule has 5 rings (SSSR count). The zero-order valence-electron chi connectivity index (χ0n) is 22.5. The number of anilines is 2. The highest BCUT2D eigenvalue weighted by molar-refractivity contribution is 7.22. The molecule has 0 aliphatic rings. The minimum absolute atomic E-state index is 0.0129. The van der Waals surface area contributed by atoms with E-state index in [2.05, 4.69) is 25.9 Å². The Balaban J connectivity index is 1.26. The molecule has 3 aromatic heterocycles. The van der Waals surface area contributed by atoms with Gasteiger partial charge in [-0.05, 0) is 48.0 Å². The molecule has 0 bridgehead atoms. The quantitative estimate of drug-likeness (QED) is 0.144. The topological polar surface area (TPSA) is 140 Å². The van der Waals surface area contributed by atoms with Crippen LogP contribution in [0, 0.1) is 5.82 Å². The number of urea groups is 1. The highest BCUT2D eigenvalue weighted by atomic mass is 32.1. The zero-order valence-corrected chi connectivity index (χ0v) is 23.3. The molecule has 0 spiro atoms. The van der Waals surface area contributed by atoms with Crippen LogP contribution in [0.1, 0.15) is 15.9 Å². The fourth-order valence-electron chi connectivity index (χ4n) is 4.03. The lowest BCUT2D eigenvalue weighted by atomic mass is 10.2. The summed E-state index contributed by atoms with van der Waals surface area (Å²) < 4.78 is 26.7. The molecular weight excluding hydrogens is 559 g/mol. The van der Waals surface area contributed by atoms with Crippen LogP contribution in [0.25, 0.3) is 20.8 Å². The van der Waals surface area contributed by atoms with Crippen LogP contribution in [0.2, 0.25) is 0 Å². The third-order valence-corrected chi connectivity index (χ3v) is 7.24. The van der Waals surface area contributed by atoms with E-state index in [1.807, 2.05) is 24.4 Å². The average molecular weight is 587 g/mol. The van der Waals surface area contributed by atoms with Crippen molar-refractivity contribution in [1.82, 2.24) is 15.3 Å². The first-order chi connectivity index (χ1) is 20.4. The summed E-state index contributed by atoms with van der Waals surface area (Å²) in [4.78, 5) is 33.7. The number of amides is 3. The molecule has 5 N–H and O–H groups in total. The van der Waals surface area contributed by atoms with E-state index in [0.717, 1.165) is 33.4 Å². The molecule has 0 aliphatic carbocycles. The predicted octanol–water partition coefficient (Wildman–Crippen LogP) is 5.77. The van der Waals surface area contributed by atoms with Gasteiger partial charge >= 0.3 is 6.03 Å². The Hall–Kier alpha value is -4.91. The minimum atomic E-state index is -0.665. The van der Waals surface area contributed by atoms with Gasteiger partial charge in [0.25, 0.3) is 0 Å². The average Bonchev–Trinajstić information content (AvgIpc) is 3.43. The van der Waals surface area contributed by atoms with Crippen molar-refractivity contribution in [2.75, 3.05) is 30.9 Å². The van der Waals surface area contributed by atoms with E-state index < -0.39 is 17.8 Å². The molecule has 0 aliphatic heterocycles. The molecule has 0 saturated heterocycles. The number of methoxy groups -OCH3 is 1. The number of nitrogens with zero attached hydrogens (tertiary/aromatic N) is 2. The molecule has 2 aromatic carbocycles. The Labute approximate surface area is 244 Å². The van der Waals surface area contributed by atoms with Crippen molar-refractivity contribution in [3.05, 3.63) is 96.1 Å². The number of carbonyl (C=O) groups is 2. The van der Waals surface area contributed by atoms with E-state index in [-0.39, 0.29) is 17.0 Å². The number of carbonyl (C=O) groups excluding carboxylic acids is 2. The van der Waals surface area contributed by atoms with E-state index in [4.69, 9.17) is 15.2 Å². The fourth-order valence-corrected chi connectivity index (χ4v) is 5.07. The number of nitrogens with one attached hydrogen (secondary N) is 3. The molecule has 0 atom stereocenters. The number of aromatic nitrogens is 2. The Kier molecular flexibility index (Phi) is 8.97. The van der Waals surface area contributed by atoms with Crippen LogP contribution in [0.5, 0.6) is 11.5 Å². The maximum atomic E-state index is 15.0. The van der Waals surface area contributed by atoms with Crippen LogP contribution < -0.4 is 26.4 Å². The van der Waals surface area contributed by atoms with Crippen molar-refractivity contribution in [2.45, 2.75) is 6.54 Å². The van der Waals surface area contributed by atoms with Gasteiger partial charge in [-0.15, -0.1) is 11.3 Å². The number of pyridine rings is 2. The first-order valence-electron chi connectivity index (χ1n) is 12.9. The summed E-state index contributed by atoms with van der Waals surface area (Å²) >= 11 is 1.45. The lowest BCUT2D eigenvalue weighted by molar-refractivity contribution is 0.1000. The molecule has 214 valence electrons. The lowest BCUT2D eigenvalue weighted by Crippen LogP contribution is -2.20. The van der Waals surface area contributed by atoms with Gasteiger partial charge in [0.2, 0.25) is 5.91 Å². The van der Waals surface area contributed by atoms with Gasteiger partial charge in [0.1, 0.15) is 5.75 Å². The third kappa shape index (κ3) is 7.04. The number of ether oxygens (including phenoxy) is 2. The largest absolute Gasteiger partial charge is 0.453 e. The zero-order chi connectivity index (χ0) is 29.5. The van der Waals surface area contributed by atoms with Gasteiger partial charge in [0.05, 0.1) is 27.4 Å². The molecule has 42 heavy (non-hydrogen) atoms. The van der Waals surface area contributed by atoms with E-state index in [0.29, 0.717) is 30.1 Å². The first kappa shape index (κ1) is 28.6. The number of hydrogen-bond donors (Lipinski definition) is 4. The second kappa shape index (κ2) is 13.2. The van der Waals surface area contributed by atoms with E-state index in [1.54, 1.807) is 31.5 Å². The van der Waals surface area contributed by atoms with Gasteiger partial charge in [-0.1, -0.05) is 12.1 Å². The smallest absolute Gasteiger partial charge is 0.323 e. The van der Waals surface area contributed by atoms with E-state index in [9.17, 15) is 9.59 Å². The Morgan fingerprint density at radius 1 is 0.976 bits per heavy atom. The number of benzene rings is 2. The standard InChI is InChI=1S/C30H27FN6O4S/c1-40-12-11-33-16-18-5-7-23(35-17-18)27-15-24-28(42-27)26(9-10-34-24)41-25-8-6-21(14-22(25)31)37-30(39)36-20-4-2-3-19(13-20)29(32)38/h2-10,13-15,17,33H,11-12,16H2,1H3,(H2,32,38)(H2,36,37,39). The Morgan fingerprint density at radius 3 is 2.55 bits per heavy atom. The molecule has 10 nitrogen and oxygen atoms in total. The number of nitrogens with two attached hydrogens (primary N) is 1. The third-order valence-electron chi connectivity index (χ3n) is 6.08. The van der Waals surface area contributed by atoms with Gasteiger partial charge in [0.15, 0.2) is 11.6 Å². The molecule has 3 heterocycles. The van der Waals surface area contributed by atoms with Crippen LogP contribution in [-0.4, -0.2) is 42.2 Å². The minimum Gasteiger partial charge on any atom is -0.453 e. The van der Waals surface area contributed by atoms with Gasteiger partial charge in [-0.25, -0.2) is 9.18 Å². The van der Waals surface area contributed by atoms with Crippen molar-refractivity contribution in [2.24, 2.45) is 5.73 Å². The molecule has 0 saturated carbocycles. The molecule has 5 aromatic rings.